The maximum absolute atomic E-state index is 12.5. The van der Waals surface area contributed by atoms with Gasteiger partial charge < -0.3 is 5.32 Å². The molecule has 22 heavy (non-hydrogen) atoms. The van der Waals surface area contributed by atoms with Crippen LogP contribution in [0.3, 0.4) is 0 Å². The van der Waals surface area contributed by atoms with Gasteiger partial charge in [-0.1, -0.05) is 35.9 Å². The Morgan fingerprint density at radius 3 is 2.45 bits per heavy atom. The molecule has 2 aromatic carbocycles. The summed E-state index contributed by atoms with van der Waals surface area (Å²) >= 11 is 0. The Balaban J connectivity index is 1.79. The molecule has 4 nitrogen and oxygen atoms in total. The highest BCUT2D eigenvalue weighted by atomic mass is 16.2. The molecule has 1 unspecified atom stereocenters. The van der Waals surface area contributed by atoms with Crippen LogP contribution in [0.5, 0.6) is 0 Å². The number of benzene rings is 2. The van der Waals surface area contributed by atoms with Crippen LogP contribution < -0.4 is 10.2 Å². The zero-order valence-electron chi connectivity index (χ0n) is 12.5. The van der Waals surface area contributed by atoms with Crippen LogP contribution in [0.2, 0.25) is 0 Å². The fraction of sp³-hybridized carbons (Fsp3) is 0.222. The van der Waals surface area contributed by atoms with Gasteiger partial charge in [-0.2, -0.15) is 0 Å². The van der Waals surface area contributed by atoms with Crippen molar-refractivity contribution in [2.45, 2.75) is 25.8 Å². The highest BCUT2D eigenvalue weighted by Crippen LogP contribution is 2.27. The minimum absolute atomic E-state index is 0.00439. The molecule has 0 saturated carbocycles. The van der Waals surface area contributed by atoms with Gasteiger partial charge in [-0.15, -0.1) is 0 Å². The topological polar surface area (TPSA) is 49.4 Å². The van der Waals surface area contributed by atoms with Crippen molar-refractivity contribution in [2.75, 3.05) is 10.2 Å². The highest BCUT2D eigenvalue weighted by Gasteiger charge is 2.36. The van der Waals surface area contributed by atoms with Crippen molar-refractivity contribution in [3.8, 4) is 0 Å². The van der Waals surface area contributed by atoms with E-state index in [9.17, 15) is 9.59 Å². The van der Waals surface area contributed by atoms with Gasteiger partial charge in [0, 0.05) is 17.8 Å². The summed E-state index contributed by atoms with van der Waals surface area (Å²) in [6, 6.07) is 16.5. The van der Waals surface area contributed by atoms with Crippen molar-refractivity contribution >= 4 is 23.2 Å². The largest absolute Gasteiger partial charge is 0.324 e. The fourth-order valence-electron chi connectivity index (χ4n) is 2.71. The summed E-state index contributed by atoms with van der Waals surface area (Å²) in [6.07, 6.45) is 0.951. The molecule has 2 aromatic rings. The summed E-state index contributed by atoms with van der Waals surface area (Å²) in [5.41, 5.74) is 2.66. The molecule has 0 aliphatic carbocycles. The van der Waals surface area contributed by atoms with Gasteiger partial charge in [0.1, 0.15) is 6.04 Å². The second-order valence-corrected chi connectivity index (χ2v) is 5.51. The van der Waals surface area contributed by atoms with Crippen LogP contribution in [0.15, 0.2) is 54.6 Å². The zero-order valence-corrected chi connectivity index (χ0v) is 12.5. The van der Waals surface area contributed by atoms with Crippen LogP contribution >= 0.6 is 0 Å². The van der Waals surface area contributed by atoms with Gasteiger partial charge in [0.25, 0.3) is 0 Å². The molecule has 3 rings (SSSR count). The standard InChI is InChI=1S/C18H18N2O2/c1-13-7-9-14(10-8-13)19-18(22)16-11-12-17(21)20(16)15-5-3-2-4-6-15/h2-10,16H,11-12H2,1H3,(H,19,22). The van der Waals surface area contributed by atoms with E-state index < -0.39 is 6.04 Å². The number of para-hydroxylation sites is 1. The normalized spacial score (nSPS) is 17.6. The molecule has 0 radical (unpaired) electrons. The van der Waals surface area contributed by atoms with Crippen LogP contribution in [-0.2, 0) is 9.59 Å². The third-order valence-electron chi connectivity index (χ3n) is 3.87. The molecule has 1 fully saturated rings. The molecule has 4 heteroatoms. The Hall–Kier alpha value is -2.62. The summed E-state index contributed by atoms with van der Waals surface area (Å²) in [6.45, 7) is 2.00. The Morgan fingerprint density at radius 1 is 1.09 bits per heavy atom. The van der Waals surface area contributed by atoms with Gasteiger partial charge in [-0.05, 0) is 37.6 Å². The number of carbonyl (C=O) groups excluding carboxylic acids is 2. The third-order valence-corrected chi connectivity index (χ3v) is 3.87. The molecular weight excluding hydrogens is 276 g/mol. The average Bonchev–Trinajstić information content (AvgIpc) is 2.92. The lowest BCUT2D eigenvalue weighted by molar-refractivity contribution is -0.120. The quantitative estimate of drug-likeness (QED) is 0.945. The van der Waals surface area contributed by atoms with Crippen molar-refractivity contribution < 1.29 is 9.59 Å². The lowest BCUT2D eigenvalue weighted by Crippen LogP contribution is -2.41. The second-order valence-electron chi connectivity index (χ2n) is 5.51. The number of anilines is 2. The number of hydrogen-bond donors (Lipinski definition) is 1. The van der Waals surface area contributed by atoms with Crippen molar-refractivity contribution in [1.82, 2.24) is 0 Å². The van der Waals surface area contributed by atoms with Gasteiger partial charge >= 0.3 is 0 Å². The molecule has 1 saturated heterocycles. The van der Waals surface area contributed by atoms with Gasteiger partial charge in [-0.3, -0.25) is 14.5 Å². The number of rotatable bonds is 3. The third kappa shape index (κ3) is 2.86. The van der Waals surface area contributed by atoms with E-state index in [4.69, 9.17) is 0 Å². The number of hydrogen-bond acceptors (Lipinski definition) is 2. The monoisotopic (exact) mass is 294 g/mol. The van der Waals surface area contributed by atoms with Crippen molar-refractivity contribution in [2.24, 2.45) is 0 Å². The average molecular weight is 294 g/mol. The maximum atomic E-state index is 12.5. The van der Waals surface area contributed by atoms with Crippen LogP contribution in [0.25, 0.3) is 0 Å². The summed E-state index contributed by atoms with van der Waals surface area (Å²) in [5, 5.41) is 2.90. The second kappa shape index (κ2) is 6.02. The van der Waals surface area contributed by atoms with E-state index in [2.05, 4.69) is 5.32 Å². The molecule has 0 bridgehead atoms. The predicted molar refractivity (Wildman–Crippen MR) is 86.8 cm³/mol. The first-order chi connectivity index (χ1) is 10.6. The molecule has 2 amide bonds. The van der Waals surface area contributed by atoms with Gasteiger partial charge in [0.2, 0.25) is 11.8 Å². The Bertz CT molecular complexity index is 680. The summed E-state index contributed by atoms with van der Waals surface area (Å²) < 4.78 is 0. The van der Waals surface area contributed by atoms with Crippen LogP contribution in [-0.4, -0.2) is 17.9 Å². The van der Waals surface area contributed by atoms with Crippen molar-refractivity contribution in [1.29, 1.82) is 0 Å². The molecule has 1 atom stereocenters. The number of nitrogens with zero attached hydrogens (tertiary/aromatic N) is 1. The van der Waals surface area contributed by atoms with Crippen LogP contribution in [0, 0.1) is 6.92 Å². The lowest BCUT2D eigenvalue weighted by Gasteiger charge is -2.24. The van der Waals surface area contributed by atoms with Crippen molar-refractivity contribution in [3.63, 3.8) is 0 Å². The summed E-state index contributed by atoms with van der Waals surface area (Å²) in [4.78, 5) is 26.3. The summed E-state index contributed by atoms with van der Waals surface area (Å²) in [5.74, 6) is -0.145. The smallest absolute Gasteiger partial charge is 0.247 e. The first-order valence-electron chi connectivity index (χ1n) is 7.40. The molecule has 0 aromatic heterocycles. The first-order valence-corrected chi connectivity index (χ1v) is 7.40. The Kier molecular flexibility index (Phi) is 3.92. The van der Waals surface area contributed by atoms with Gasteiger partial charge in [0.05, 0.1) is 0 Å². The van der Waals surface area contributed by atoms with Crippen molar-refractivity contribution in [3.05, 3.63) is 60.2 Å². The first kappa shape index (κ1) is 14.3. The zero-order chi connectivity index (χ0) is 15.5. The van der Waals surface area contributed by atoms with E-state index >= 15 is 0 Å². The number of nitrogens with one attached hydrogen (secondary N) is 1. The Morgan fingerprint density at radius 2 is 1.77 bits per heavy atom. The minimum atomic E-state index is -0.448. The number of aryl methyl sites for hydroxylation is 1. The SMILES string of the molecule is Cc1ccc(NC(=O)C2CCC(=O)N2c2ccccc2)cc1. The number of carbonyl (C=O) groups is 2. The number of amides is 2. The fourth-order valence-corrected chi connectivity index (χ4v) is 2.71. The van der Waals surface area contributed by atoms with E-state index in [1.807, 2.05) is 61.5 Å². The molecule has 1 N–H and O–H groups in total. The molecule has 1 aliphatic rings. The van der Waals surface area contributed by atoms with E-state index in [-0.39, 0.29) is 11.8 Å². The van der Waals surface area contributed by atoms with E-state index in [0.717, 1.165) is 16.9 Å². The molecular formula is C18H18N2O2. The van der Waals surface area contributed by atoms with Gasteiger partial charge in [-0.25, -0.2) is 0 Å². The van der Waals surface area contributed by atoms with E-state index in [1.54, 1.807) is 4.90 Å². The Labute approximate surface area is 129 Å². The molecule has 1 heterocycles. The molecule has 1 aliphatic heterocycles. The lowest BCUT2D eigenvalue weighted by atomic mass is 10.1. The molecule has 112 valence electrons. The summed E-state index contributed by atoms with van der Waals surface area (Å²) in [7, 11) is 0. The van der Waals surface area contributed by atoms with Gasteiger partial charge in [0.15, 0.2) is 0 Å². The van der Waals surface area contributed by atoms with Crippen LogP contribution in [0.1, 0.15) is 18.4 Å². The highest BCUT2D eigenvalue weighted by molar-refractivity contribution is 6.07. The predicted octanol–water partition coefficient (Wildman–Crippen LogP) is 3.13. The molecule has 0 spiro atoms. The maximum Gasteiger partial charge on any atom is 0.247 e. The van der Waals surface area contributed by atoms with E-state index in [1.165, 1.54) is 0 Å². The van der Waals surface area contributed by atoms with E-state index in [0.29, 0.717) is 12.8 Å². The minimum Gasteiger partial charge on any atom is -0.324 e. The van der Waals surface area contributed by atoms with Crippen LogP contribution in [0.4, 0.5) is 11.4 Å².